The quantitative estimate of drug-likeness (QED) is 0.679. The Morgan fingerprint density at radius 2 is 1.94 bits per heavy atom. The van der Waals surface area contributed by atoms with Crippen LogP contribution in [-0.4, -0.2) is 10.9 Å². The topological polar surface area (TPSA) is 50.4 Å². The van der Waals surface area contributed by atoms with E-state index in [0.29, 0.717) is 22.1 Å². The van der Waals surface area contributed by atoms with Crippen LogP contribution in [0.3, 0.4) is 0 Å². The molecule has 92 valence electrons. The van der Waals surface area contributed by atoms with Gasteiger partial charge < -0.3 is 9.52 Å². The van der Waals surface area contributed by atoms with Crippen LogP contribution >= 0.6 is 11.6 Å². The van der Waals surface area contributed by atoms with Crippen LogP contribution in [0.15, 0.2) is 46.9 Å². The molecule has 0 fully saturated rings. The fourth-order valence-electron chi connectivity index (χ4n) is 1.44. The predicted molar refractivity (Wildman–Crippen MR) is 69.4 cm³/mol. The molecule has 0 aliphatic heterocycles. The highest BCUT2D eigenvalue weighted by Crippen LogP contribution is 2.12. The molecule has 2 aromatic rings. The van der Waals surface area contributed by atoms with Gasteiger partial charge in [-0.05, 0) is 48.6 Å². The molecule has 0 amide bonds. The molecular formula is C14H11ClO3. The molecule has 0 bridgehead atoms. The van der Waals surface area contributed by atoms with Crippen LogP contribution in [0, 0.1) is 0 Å². The number of carbonyl (C=O) groups excluding carboxylic acids is 1. The predicted octanol–water partition coefficient (Wildman–Crippen LogP) is 3.32. The van der Waals surface area contributed by atoms with E-state index >= 15 is 0 Å². The molecule has 0 unspecified atom stereocenters. The van der Waals surface area contributed by atoms with E-state index in [9.17, 15) is 4.79 Å². The molecule has 0 radical (unpaired) electrons. The lowest BCUT2D eigenvalue weighted by molar-refractivity contribution is 0.104. The first kappa shape index (κ1) is 12.6. The summed E-state index contributed by atoms with van der Waals surface area (Å²) in [6.45, 7) is -0.154. The Balaban J connectivity index is 2.09. The molecule has 0 aliphatic rings. The monoisotopic (exact) mass is 262 g/mol. The third kappa shape index (κ3) is 3.09. The zero-order valence-corrected chi connectivity index (χ0v) is 10.2. The number of furan rings is 1. The Kier molecular flexibility index (Phi) is 3.97. The Bertz CT molecular complexity index is 567. The van der Waals surface area contributed by atoms with E-state index in [0.717, 1.165) is 0 Å². The van der Waals surface area contributed by atoms with Crippen molar-refractivity contribution in [2.45, 2.75) is 6.61 Å². The van der Waals surface area contributed by atoms with E-state index < -0.39 is 0 Å². The van der Waals surface area contributed by atoms with Crippen LogP contribution in [0.25, 0.3) is 6.08 Å². The summed E-state index contributed by atoms with van der Waals surface area (Å²) in [5.41, 5.74) is 0.560. The minimum Gasteiger partial charge on any atom is -0.459 e. The van der Waals surface area contributed by atoms with E-state index in [4.69, 9.17) is 21.1 Å². The molecule has 1 aromatic heterocycles. The summed E-state index contributed by atoms with van der Waals surface area (Å²) in [4.78, 5) is 11.8. The number of carbonyl (C=O) groups is 1. The van der Waals surface area contributed by atoms with Gasteiger partial charge in [-0.25, -0.2) is 0 Å². The van der Waals surface area contributed by atoms with Gasteiger partial charge in [-0.15, -0.1) is 0 Å². The molecule has 0 saturated heterocycles. The molecule has 4 heteroatoms. The van der Waals surface area contributed by atoms with Crippen molar-refractivity contribution in [1.82, 2.24) is 0 Å². The normalized spacial score (nSPS) is 11.0. The first-order valence-corrected chi connectivity index (χ1v) is 5.74. The molecule has 0 spiro atoms. The second-order valence-corrected chi connectivity index (χ2v) is 4.10. The summed E-state index contributed by atoms with van der Waals surface area (Å²) < 4.78 is 5.23. The molecule has 1 aromatic carbocycles. The molecular weight excluding hydrogens is 252 g/mol. The van der Waals surface area contributed by atoms with Crippen molar-refractivity contribution >= 4 is 23.5 Å². The number of allylic oxidation sites excluding steroid dienone is 1. The molecule has 2 rings (SSSR count). The Morgan fingerprint density at radius 3 is 2.56 bits per heavy atom. The maximum Gasteiger partial charge on any atom is 0.185 e. The Hall–Kier alpha value is -1.84. The molecule has 0 aliphatic carbocycles. The first-order chi connectivity index (χ1) is 8.69. The smallest absolute Gasteiger partial charge is 0.185 e. The highest BCUT2D eigenvalue weighted by atomic mass is 35.5. The van der Waals surface area contributed by atoms with Crippen molar-refractivity contribution in [1.29, 1.82) is 0 Å². The molecule has 18 heavy (non-hydrogen) atoms. The molecule has 0 saturated carbocycles. The average Bonchev–Trinajstić information content (AvgIpc) is 2.85. The summed E-state index contributed by atoms with van der Waals surface area (Å²) in [5, 5.41) is 9.43. The molecule has 0 atom stereocenters. The number of aliphatic hydroxyl groups excluding tert-OH is 1. The van der Waals surface area contributed by atoms with Crippen LogP contribution in [0.1, 0.15) is 21.9 Å². The molecule has 1 heterocycles. The van der Waals surface area contributed by atoms with E-state index in [1.165, 1.54) is 6.08 Å². The summed E-state index contributed by atoms with van der Waals surface area (Å²) in [6.07, 6.45) is 2.99. The standard InChI is InChI=1S/C14H11ClO3/c15-11-3-1-10(2-4-11)14(17)8-7-12-5-6-13(9-16)18-12/h1-8,16H,9H2. The van der Waals surface area contributed by atoms with Crippen LogP contribution in [0.5, 0.6) is 0 Å². The SMILES string of the molecule is O=C(C=Cc1ccc(CO)o1)c1ccc(Cl)cc1. The van der Waals surface area contributed by atoms with Crippen LogP contribution < -0.4 is 0 Å². The van der Waals surface area contributed by atoms with E-state index in [-0.39, 0.29) is 12.4 Å². The van der Waals surface area contributed by atoms with Crippen molar-refractivity contribution in [2.24, 2.45) is 0 Å². The Morgan fingerprint density at radius 1 is 1.22 bits per heavy atom. The van der Waals surface area contributed by atoms with Crippen molar-refractivity contribution < 1.29 is 14.3 Å². The average molecular weight is 263 g/mol. The second kappa shape index (κ2) is 5.67. The lowest BCUT2D eigenvalue weighted by Crippen LogP contribution is -1.92. The third-order valence-corrected chi connectivity index (χ3v) is 2.62. The summed E-state index contributed by atoms with van der Waals surface area (Å²) in [5.74, 6) is 0.864. The fraction of sp³-hybridized carbons (Fsp3) is 0.0714. The number of hydrogen-bond donors (Lipinski definition) is 1. The van der Waals surface area contributed by atoms with Gasteiger partial charge >= 0.3 is 0 Å². The molecule has 1 N–H and O–H groups in total. The van der Waals surface area contributed by atoms with Gasteiger partial charge in [0, 0.05) is 10.6 Å². The van der Waals surface area contributed by atoms with E-state index in [1.807, 2.05) is 0 Å². The first-order valence-electron chi connectivity index (χ1n) is 5.36. The van der Waals surface area contributed by atoms with Gasteiger partial charge in [0.2, 0.25) is 0 Å². The largest absolute Gasteiger partial charge is 0.459 e. The number of ketones is 1. The van der Waals surface area contributed by atoms with Crippen LogP contribution in [0.2, 0.25) is 5.02 Å². The Labute approximate surface area is 109 Å². The highest BCUT2D eigenvalue weighted by Gasteiger charge is 2.02. The minimum atomic E-state index is -0.154. The van der Waals surface area contributed by atoms with Crippen molar-refractivity contribution in [2.75, 3.05) is 0 Å². The van der Waals surface area contributed by atoms with Crippen molar-refractivity contribution in [3.05, 3.63) is 64.6 Å². The summed E-state index contributed by atoms with van der Waals surface area (Å²) >= 11 is 5.74. The maximum absolute atomic E-state index is 11.8. The molecule has 3 nitrogen and oxygen atoms in total. The van der Waals surface area contributed by atoms with Crippen LogP contribution in [0.4, 0.5) is 0 Å². The minimum absolute atomic E-state index is 0.131. The zero-order valence-electron chi connectivity index (χ0n) is 9.47. The van der Waals surface area contributed by atoms with Gasteiger partial charge in [0.25, 0.3) is 0 Å². The van der Waals surface area contributed by atoms with Gasteiger partial charge in [0.15, 0.2) is 5.78 Å². The summed E-state index contributed by atoms with van der Waals surface area (Å²) in [7, 11) is 0. The number of rotatable bonds is 4. The van der Waals surface area contributed by atoms with Gasteiger partial charge in [0.1, 0.15) is 18.1 Å². The zero-order chi connectivity index (χ0) is 13.0. The highest BCUT2D eigenvalue weighted by molar-refractivity contribution is 6.30. The fourth-order valence-corrected chi connectivity index (χ4v) is 1.56. The number of benzene rings is 1. The maximum atomic E-state index is 11.8. The van der Waals surface area contributed by atoms with Gasteiger partial charge in [0.05, 0.1) is 0 Å². The van der Waals surface area contributed by atoms with Crippen molar-refractivity contribution in [3.63, 3.8) is 0 Å². The number of hydrogen-bond acceptors (Lipinski definition) is 3. The van der Waals surface area contributed by atoms with E-state index in [1.54, 1.807) is 42.5 Å². The second-order valence-electron chi connectivity index (χ2n) is 3.67. The lowest BCUT2D eigenvalue weighted by Gasteiger charge is -1.95. The summed E-state index contributed by atoms with van der Waals surface area (Å²) in [6, 6.07) is 10.0. The van der Waals surface area contributed by atoms with Gasteiger partial charge in [-0.1, -0.05) is 11.6 Å². The number of halogens is 1. The number of aliphatic hydroxyl groups is 1. The third-order valence-electron chi connectivity index (χ3n) is 2.37. The van der Waals surface area contributed by atoms with Gasteiger partial charge in [-0.3, -0.25) is 4.79 Å². The van der Waals surface area contributed by atoms with Crippen LogP contribution in [-0.2, 0) is 6.61 Å². The van der Waals surface area contributed by atoms with Crippen molar-refractivity contribution in [3.8, 4) is 0 Å². The lowest BCUT2D eigenvalue weighted by atomic mass is 10.1. The van der Waals surface area contributed by atoms with Gasteiger partial charge in [-0.2, -0.15) is 0 Å². The van der Waals surface area contributed by atoms with E-state index in [2.05, 4.69) is 0 Å².